The third kappa shape index (κ3) is 4.46. The number of hydrogen-bond acceptors (Lipinski definition) is 4. The summed E-state index contributed by atoms with van der Waals surface area (Å²) in [6.07, 6.45) is 2.54. The zero-order valence-corrected chi connectivity index (χ0v) is 16.4. The highest BCUT2D eigenvalue weighted by molar-refractivity contribution is 6.42. The molecule has 6 nitrogen and oxygen atoms in total. The van der Waals surface area contributed by atoms with Crippen LogP contribution >= 0.6 is 23.2 Å². The van der Waals surface area contributed by atoms with E-state index in [9.17, 15) is 4.79 Å². The average molecular weight is 417 g/mol. The molecule has 0 unspecified atom stereocenters. The molecule has 0 saturated heterocycles. The summed E-state index contributed by atoms with van der Waals surface area (Å²) in [6.45, 7) is 0.200. The zero-order valence-electron chi connectivity index (χ0n) is 14.9. The first-order chi connectivity index (χ1) is 13.6. The predicted molar refractivity (Wildman–Crippen MR) is 109 cm³/mol. The lowest BCUT2D eigenvalue weighted by Crippen LogP contribution is -2.15. The van der Waals surface area contributed by atoms with Crippen molar-refractivity contribution in [2.45, 2.75) is 25.2 Å². The van der Waals surface area contributed by atoms with E-state index in [0.29, 0.717) is 33.2 Å². The Bertz CT molecular complexity index is 984. The molecular formula is C20H18Cl2N4O2. The van der Waals surface area contributed by atoms with Gasteiger partial charge in [-0.05, 0) is 49.2 Å². The fraction of sp³-hybridized carbons (Fsp3) is 0.250. The number of carbonyl (C=O) groups excluding carboxylic acids is 1. The molecule has 2 aromatic carbocycles. The average Bonchev–Trinajstić information content (AvgIpc) is 3.43. The SMILES string of the molecule is O=C(CCOc1cccc(Cl)c1Cl)Nc1ccc(-c2n[nH]c(C3CC3)n2)cc1. The van der Waals surface area contributed by atoms with Gasteiger partial charge in [0, 0.05) is 17.2 Å². The van der Waals surface area contributed by atoms with Crippen LogP contribution in [0.15, 0.2) is 42.5 Å². The molecule has 1 fully saturated rings. The summed E-state index contributed by atoms with van der Waals surface area (Å²) < 4.78 is 5.53. The molecule has 0 bridgehead atoms. The minimum absolute atomic E-state index is 0.153. The van der Waals surface area contributed by atoms with Crippen molar-refractivity contribution in [3.05, 3.63) is 58.3 Å². The lowest BCUT2D eigenvalue weighted by Gasteiger charge is -2.09. The van der Waals surface area contributed by atoms with Crippen LogP contribution in [0, 0.1) is 0 Å². The minimum atomic E-state index is -0.153. The molecule has 0 aliphatic heterocycles. The van der Waals surface area contributed by atoms with E-state index in [4.69, 9.17) is 27.9 Å². The fourth-order valence-corrected chi connectivity index (χ4v) is 3.06. The molecule has 1 aliphatic rings. The Morgan fingerprint density at radius 3 is 2.71 bits per heavy atom. The number of hydrogen-bond donors (Lipinski definition) is 2. The second-order valence-electron chi connectivity index (χ2n) is 6.59. The molecule has 0 atom stereocenters. The van der Waals surface area contributed by atoms with E-state index in [-0.39, 0.29) is 18.9 Å². The molecule has 0 spiro atoms. The monoisotopic (exact) mass is 416 g/mol. The van der Waals surface area contributed by atoms with E-state index >= 15 is 0 Å². The Labute approximate surface area is 172 Å². The van der Waals surface area contributed by atoms with Crippen LogP contribution in [0.25, 0.3) is 11.4 Å². The number of H-pyrrole nitrogens is 1. The van der Waals surface area contributed by atoms with Gasteiger partial charge in [0.2, 0.25) is 5.91 Å². The van der Waals surface area contributed by atoms with Crippen molar-refractivity contribution in [1.29, 1.82) is 0 Å². The number of aromatic amines is 1. The van der Waals surface area contributed by atoms with Crippen LogP contribution in [0.2, 0.25) is 10.0 Å². The third-order valence-corrected chi connectivity index (χ3v) is 5.20. The van der Waals surface area contributed by atoms with Crippen LogP contribution in [0.4, 0.5) is 5.69 Å². The summed E-state index contributed by atoms with van der Waals surface area (Å²) in [5.74, 6) is 2.46. The highest BCUT2D eigenvalue weighted by atomic mass is 35.5. The molecular weight excluding hydrogens is 399 g/mol. The van der Waals surface area contributed by atoms with Gasteiger partial charge >= 0.3 is 0 Å². The van der Waals surface area contributed by atoms with Gasteiger partial charge in [0.15, 0.2) is 5.82 Å². The van der Waals surface area contributed by atoms with E-state index in [1.54, 1.807) is 18.2 Å². The Morgan fingerprint density at radius 1 is 1.18 bits per heavy atom. The molecule has 8 heteroatoms. The van der Waals surface area contributed by atoms with Crippen LogP contribution in [0.1, 0.15) is 31.0 Å². The molecule has 28 heavy (non-hydrogen) atoms. The molecule has 3 aromatic rings. The first kappa shape index (κ1) is 18.8. The van der Waals surface area contributed by atoms with E-state index in [0.717, 1.165) is 11.4 Å². The third-order valence-electron chi connectivity index (χ3n) is 4.40. The normalized spacial score (nSPS) is 13.4. The number of ether oxygens (including phenoxy) is 1. The molecule has 1 aliphatic carbocycles. The van der Waals surface area contributed by atoms with Crippen molar-refractivity contribution in [2.24, 2.45) is 0 Å². The van der Waals surface area contributed by atoms with Crippen molar-refractivity contribution >= 4 is 34.8 Å². The van der Waals surface area contributed by atoms with Gasteiger partial charge in [0.05, 0.1) is 18.1 Å². The molecule has 0 radical (unpaired) electrons. The molecule has 1 amide bonds. The molecule has 1 saturated carbocycles. The Morgan fingerprint density at radius 2 is 1.96 bits per heavy atom. The quantitative estimate of drug-likeness (QED) is 0.563. The van der Waals surface area contributed by atoms with Crippen LogP contribution in [0.3, 0.4) is 0 Å². The number of halogens is 2. The van der Waals surface area contributed by atoms with Gasteiger partial charge in [-0.15, -0.1) is 0 Å². The smallest absolute Gasteiger partial charge is 0.227 e. The predicted octanol–water partition coefficient (Wildman–Crippen LogP) is 5.06. The number of anilines is 1. The van der Waals surface area contributed by atoms with Crippen molar-refractivity contribution in [3.8, 4) is 17.1 Å². The van der Waals surface area contributed by atoms with Crippen LogP contribution in [0.5, 0.6) is 5.75 Å². The van der Waals surface area contributed by atoms with Crippen molar-refractivity contribution < 1.29 is 9.53 Å². The highest BCUT2D eigenvalue weighted by Crippen LogP contribution is 2.38. The van der Waals surface area contributed by atoms with Crippen molar-refractivity contribution in [3.63, 3.8) is 0 Å². The summed E-state index contributed by atoms with van der Waals surface area (Å²) in [6, 6.07) is 12.6. The van der Waals surface area contributed by atoms with Gasteiger partial charge in [0.1, 0.15) is 16.6 Å². The number of aromatic nitrogens is 3. The Balaban J connectivity index is 1.28. The standard InChI is InChI=1S/C20H18Cl2N4O2/c21-15-2-1-3-16(18(15)22)28-11-10-17(27)23-14-8-6-13(7-9-14)20-24-19(25-26-20)12-4-5-12/h1-3,6-9,12H,4-5,10-11H2,(H,23,27)(H,24,25,26). The number of benzene rings is 2. The largest absolute Gasteiger partial charge is 0.491 e. The Kier molecular flexibility index (Phi) is 5.50. The molecule has 1 heterocycles. The topological polar surface area (TPSA) is 79.9 Å². The zero-order chi connectivity index (χ0) is 19.5. The number of nitrogens with one attached hydrogen (secondary N) is 2. The van der Waals surface area contributed by atoms with Crippen LogP contribution in [-0.2, 0) is 4.79 Å². The maximum absolute atomic E-state index is 12.1. The Hall–Kier alpha value is -2.57. The number of carbonyl (C=O) groups is 1. The molecule has 144 valence electrons. The van der Waals surface area contributed by atoms with Crippen molar-refractivity contribution in [2.75, 3.05) is 11.9 Å². The lowest BCUT2D eigenvalue weighted by molar-refractivity contribution is -0.116. The van der Waals surface area contributed by atoms with E-state index in [2.05, 4.69) is 20.5 Å². The van der Waals surface area contributed by atoms with Gasteiger partial charge in [-0.2, -0.15) is 5.10 Å². The second-order valence-corrected chi connectivity index (χ2v) is 7.38. The maximum atomic E-state index is 12.1. The lowest BCUT2D eigenvalue weighted by atomic mass is 10.2. The van der Waals surface area contributed by atoms with Crippen molar-refractivity contribution in [1.82, 2.24) is 15.2 Å². The van der Waals surface area contributed by atoms with Crippen LogP contribution < -0.4 is 10.1 Å². The van der Waals surface area contributed by atoms with Gasteiger partial charge in [0.25, 0.3) is 0 Å². The second kappa shape index (κ2) is 8.20. The number of rotatable bonds is 7. The van der Waals surface area contributed by atoms with Gasteiger partial charge in [-0.3, -0.25) is 9.89 Å². The van der Waals surface area contributed by atoms with Crippen LogP contribution in [-0.4, -0.2) is 27.7 Å². The van der Waals surface area contributed by atoms with E-state index in [1.165, 1.54) is 12.8 Å². The van der Waals surface area contributed by atoms with Gasteiger partial charge in [-0.25, -0.2) is 4.98 Å². The first-order valence-corrected chi connectivity index (χ1v) is 9.75. The molecule has 4 rings (SSSR count). The summed E-state index contributed by atoms with van der Waals surface area (Å²) >= 11 is 12.0. The summed E-state index contributed by atoms with van der Waals surface area (Å²) in [4.78, 5) is 16.6. The summed E-state index contributed by atoms with van der Waals surface area (Å²) in [7, 11) is 0. The van der Waals surface area contributed by atoms with Gasteiger partial charge < -0.3 is 10.1 Å². The van der Waals surface area contributed by atoms with Gasteiger partial charge in [-0.1, -0.05) is 29.3 Å². The first-order valence-electron chi connectivity index (χ1n) is 8.99. The highest BCUT2D eigenvalue weighted by Gasteiger charge is 2.27. The summed E-state index contributed by atoms with van der Waals surface area (Å²) in [5, 5.41) is 10.9. The van der Waals surface area contributed by atoms with E-state index < -0.39 is 0 Å². The van der Waals surface area contributed by atoms with E-state index in [1.807, 2.05) is 24.3 Å². The number of nitrogens with zero attached hydrogens (tertiary/aromatic N) is 2. The fourth-order valence-electron chi connectivity index (χ4n) is 2.72. The number of amides is 1. The molecule has 2 N–H and O–H groups in total. The minimum Gasteiger partial charge on any atom is -0.491 e. The molecule has 1 aromatic heterocycles. The maximum Gasteiger partial charge on any atom is 0.227 e. The summed E-state index contributed by atoms with van der Waals surface area (Å²) in [5.41, 5.74) is 1.60.